The molecule has 1 amide bonds. The number of carbonyl (C=O) groups is 2. The molecule has 0 saturated carbocycles. The molecule has 1 rings (SSSR count). The van der Waals surface area contributed by atoms with E-state index in [-0.39, 0.29) is 0 Å². The number of nitrogens with two attached hydrogens (primary N) is 1. The van der Waals surface area contributed by atoms with Crippen molar-refractivity contribution in [1.29, 1.82) is 0 Å². The van der Waals surface area contributed by atoms with Gasteiger partial charge in [-0.1, -0.05) is 12.1 Å². The Bertz CT molecular complexity index is 434. The second-order valence-electron chi connectivity index (χ2n) is 3.71. The molecule has 6 nitrogen and oxygen atoms in total. The van der Waals surface area contributed by atoms with E-state index in [0.717, 1.165) is 11.3 Å². The number of carboxylic acid groups (broad SMARTS) is 1. The van der Waals surface area contributed by atoms with Gasteiger partial charge in [0.2, 0.25) is 5.91 Å². The Morgan fingerprint density at radius 1 is 1.50 bits per heavy atom. The van der Waals surface area contributed by atoms with Gasteiger partial charge in [0.25, 0.3) is 0 Å². The zero-order valence-electron chi connectivity index (χ0n) is 10.1. The van der Waals surface area contributed by atoms with Crippen LogP contribution in [-0.4, -0.2) is 36.7 Å². The zero-order valence-corrected chi connectivity index (χ0v) is 10.1. The normalized spacial score (nSPS) is 11.7. The average molecular weight is 252 g/mol. The van der Waals surface area contributed by atoms with Crippen LogP contribution in [0.25, 0.3) is 0 Å². The standard InChI is InChI=1S/C12H16N2O4/c1-18-9-4-2-3-8(7-9)5-6-14-11(15)10(13)12(16)17/h2-4,7,10H,5-6,13H2,1H3,(H,14,15)(H,16,17). The van der Waals surface area contributed by atoms with Gasteiger partial charge >= 0.3 is 5.97 Å². The van der Waals surface area contributed by atoms with E-state index in [1.54, 1.807) is 7.11 Å². The summed E-state index contributed by atoms with van der Waals surface area (Å²) < 4.78 is 5.07. The minimum Gasteiger partial charge on any atom is -0.497 e. The molecule has 0 aromatic heterocycles. The molecule has 0 spiro atoms. The fourth-order valence-corrected chi connectivity index (χ4v) is 1.38. The maximum Gasteiger partial charge on any atom is 0.330 e. The van der Waals surface area contributed by atoms with Crippen molar-refractivity contribution in [1.82, 2.24) is 5.32 Å². The van der Waals surface area contributed by atoms with Crippen molar-refractivity contribution in [2.75, 3.05) is 13.7 Å². The Morgan fingerprint density at radius 2 is 2.22 bits per heavy atom. The first kappa shape index (κ1) is 14.0. The quantitative estimate of drug-likeness (QED) is 0.607. The van der Waals surface area contributed by atoms with Crippen molar-refractivity contribution in [3.63, 3.8) is 0 Å². The van der Waals surface area contributed by atoms with Crippen LogP contribution in [0.2, 0.25) is 0 Å². The molecule has 0 aliphatic heterocycles. The monoisotopic (exact) mass is 252 g/mol. The number of amides is 1. The summed E-state index contributed by atoms with van der Waals surface area (Å²) in [5.41, 5.74) is 6.14. The SMILES string of the molecule is COc1cccc(CCNC(=O)C(N)C(=O)O)c1. The molecule has 18 heavy (non-hydrogen) atoms. The summed E-state index contributed by atoms with van der Waals surface area (Å²) in [6.45, 7) is 0.326. The maximum absolute atomic E-state index is 11.3. The van der Waals surface area contributed by atoms with E-state index >= 15 is 0 Å². The maximum atomic E-state index is 11.3. The number of nitrogens with one attached hydrogen (secondary N) is 1. The van der Waals surface area contributed by atoms with Gasteiger partial charge in [-0.15, -0.1) is 0 Å². The summed E-state index contributed by atoms with van der Waals surface area (Å²) in [6, 6.07) is 5.89. The molecule has 1 aromatic rings. The number of hydrogen-bond acceptors (Lipinski definition) is 4. The van der Waals surface area contributed by atoms with Crippen LogP contribution in [0.15, 0.2) is 24.3 Å². The zero-order chi connectivity index (χ0) is 13.5. The number of carbonyl (C=O) groups excluding carboxylic acids is 1. The van der Waals surface area contributed by atoms with Crippen molar-refractivity contribution < 1.29 is 19.4 Å². The van der Waals surface area contributed by atoms with Crippen LogP contribution in [0.5, 0.6) is 5.75 Å². The van der Waals surface area contributed by atoms with Crippen LogP contribution in [0.4, 0.5) is 0 Å². The van der Waals surface area contributed by atoms with E-state index in [2.05, 4.69) is 5.32 Å². The first-order chi connectivity index (χ1) is 8.54. The summed E-state index contributed by atoms with van der Waals surface area (Å²) in [4.78, 5) is 21.7. The smallest absolute Gasteiger partial charge is 0.330 e. The van der Waals surface area contributed by atoms with E-state index in [9.17, 15) is 9.59 Å². The van der Waals surface area contributed by atoms with Crippen molar-refractivity contribution in [2.45, 2.75) is 12.5 Å². The Hall–Kier alpha value is -2.08. The van der Waals surface area contributed by atoms with Gasteiger partial charge in [-0.25, -0.2) is 4.79 Å². The fraction of sp³-hybridized carbons (Fsp3) is 0.333. The molecule has 0 bridgehead atoms. The Morgan fingerprint density at radius 3 is 2.83 bits per heavy atom. The fourth-order valence-electron chi connectivity index (χ4n) is 1.38. The molecular weight excluding hydrogens is 236 g/mol. The van der Waals surface area contributed by atoms with Gasteiger partial charge in [0.1, 0.15) is 5.75 Å². The first-order valence-electron chi connectivity index (χ1n) is 5.43. The number of aliphatic carboxylic acids is 1. The number of carboxylic acids is 1. The van der Waals surface area contributed by atoms with E-state index in [1.807, 2.05) is 24.3 Å². The molecule has 0 radical (unpaired) electrons. The van der Waals surface area contributed by atoms with Gasteiger partial charge < -0.3 is 20.9 Å². The predicted molar refractivity (Wildman–Crippen MR) is 65.3 cm³/mol. The van der Waals surface area contributed by atoms with Crippen LogP contribution in [0.1, 0.15) is 5.56 Å². The minimum absolute atomic E-state index is 0.326. The molecule has 4 N–H and O–H groups in total. The number of rotatable bonds is 6. The van der Waals surface area contributed by atoms with Crippen LogP contribution < -0.4 is 15.8 Å². The van der Waals surface area contributed by atoms with Gasteiger partial charge in [0.15, 0.2) is 6.04 Å². The summed E-state index contributed by atoms with van der Waals surface area (Å²) in [5.74, 6) is -1.29. The van der Waals surface area contributed by atoms with Crippen LogP contribution in [0, 0.1) is 0 Å². The highest BCUT2D eigenvalue weighted by molar-refractivity contribution is 6.00. The van der Waals surface area contributed by atoms with E-state index in [1.165, 1.54) is 0 Å². The number of methoxy groups -OCH3 is 1. The lowest BCUT2D eigenvalue weighted by Crippen LogP contribution is -2.46. The van der Waals surface area contributed by atoms with Gasteiger partial charge in [-0.05, 0) is 24.1 Å². The molecule has 98 valence electrons. The van der Waals surface area contributed by atoms with Gasteiger partial charge in [-0.3, -0.25) is 4.79 Å². The first-order valence-corrected chi connectivity index (χ1v) is 5.43. The molecule has 6 heteroatoms. The lowest BCUT2D eigenvalue weighted by atomic mass is 10.1. The Balaban J connectivity index is 2.41. The third-order valence-electron chi connectivity index (χ3n) is 2.40. The van der Waals surface area contributed by atoms with Crippen LogP contribution in [-0.2, 0) is 16.0 Å². The predicted octanol–water partition coefficient (Wildman–Crippen LogP) is -0.234. The Kier molecular flexibility index (Phi) is 5.13. The molecule has 0 aliphatic rings. The number of hydrogen-bond donors (Lipinski definition) is 3. The van der Waals surface area contributed by atoms with Crippen molar-refractivity contribution in [3.8, 4) is 5.75 Å². The van der Waals surface area contributed by atoms with Crippen molar-refractivity contribution in [2.24, 2.45) is 5.73 Å². The average Bonchev–Trinajstić information content (AvgIpc) is 2.37. The second kappa shape index (κ2) is 6.61. The number of benzene rings is 1. The van der Waals surface area contributed by atoms with Crippen LogP contribution in [0.3, 0.4) is 0 Å². The summed E-state index contributed by atoms with van der Waals surface area (Å²) in [5, 5.41) is 11.0. The third-order valence-corrected chi connectivity index (χ3v) is 2.40. The lowest BCUT2D eigenvalue weighted by Gasteiger charge is -2.08. The molecule has 0 aliphatic carbocycles. The molecule has 1 atom stereocenters. The second-order valence-corrected chi connectivity index (χ2v) is 3.71. The van der Waals surface area contributed by atoms with Crippen LogP contribution >= 0.6 is 0 Å². The topological polar surface area (TPSA) is 102 Å². The Labute approximate surface area is 105 Å². The van der Waals surface area contributed by atoms with Gasteiger partial charge in [0.05, 0.1) is 7.11 Å². The summed E-state index contributed by atoms with van der Waals surface area (Å²) >= 11 is 0. The van der Waals surface area contributed by atoms with Gasteiger partial charge in [-0.2, -0.15) is 0 Å². The molecular formula is C12H16N2O4. The molecule has 0 saturated heterocycles. The number of ether oxygens (including phenoxy) is 1. The third kappa shape index (κ3) is 4.06. The summed E-state index contributed by atoms with van der Waals surface area (Å²) in [7, 11) is 1.58. The lowest BCUT2D eigenvalue weighted by molar-refractivity contribution is -0.142. The highest BCUT2D eigenvalue weighted by Crippen LogP contribution is 2.12. The van der Waals surface area contributed by atoms with Crippen molar-refractivity contribution in [3.05, 3.63) is 29.8 Å². The van der Waals surface area contributed by atoms with E-state index in [0.29, 0.717) is 13.0 Å². The minimum atomic E-state index is -1.52. The molecule has 0 heterocycles. The van der Waals surface area contributed by atoms with E-state index < -0.39 is 17.9 Å². The highest BCUT2D eigenvalue weighted by atomic mass is 16.5. The van der Waals surface area contributed by atoms with Gasteiger partial charge in [0, 0.05) is 6.54 Å². The van der Waals surface area contributed by atoms with Crippen molar-refractivity contribution >= 4 is 11.9 Å². The largest absolute Gasteiger partial charge is 0.497 e. The highest BCUT2D eigenvalue weighted by Gasteiger charge is 2.20. The summed E-state index contributed by atoms with van der Waals surface area (Å²) in [6.07, 6.45) is 0.579. The molecule has 1 aromatic carbocycles. The molecule has 1 unspecified atom stereocenters. The van der Waals surface area contributed by atoms with E-state index in [4.69, 9.17) is 15.6 Å². The molecule has 0 fully saturated rings.